The summed E-state index contributed by atoms with van der Waals surface area (Å²) in [5.74, 6) is -1.10. The van der Waals surface area contributed by atoms with E-state index in [1.54, 1.807) is 30.8 Å². The Morgan fingerprint density at radius 1 is 1.11 bits per heavy atom. The predicted octanol–water partition coefficient (Wildman–Crippen LogP) is 4.91. The Balaban J connectivity index is 0.000000209. The number of aryl methyl sites for hydroxylation is 1. The van der Waals surface area contributed by atoms with Gasteiger partial charge in [0.1, 0.15) is 17.0 Å². The van der Waals surface area contributed by atoms with Gasteiger partial charge in [0, 0.05) is 54.6 Å². The molecule has 4 unspecified atom stereocenters. The van der Waals surface area contributed by atoms with Crippen LogP contribution in [-0.4, -0.2) is 75.9 Å². The smallest absolute Gasteiger partial charge is 0.330 e. The molecule has 46 heavy (non-hydrogen) atoms. The molecule has 2 N–H and O–H groups in total. The monoisotopic (exact) mass is 631 g/mol. The molecule has 1 aliphatic carbocycles. The van der Waals surface area contributed by atoms with E-state index in [-0.39, 0.29) is 11.8 Å². The van der Waals surface area contributed by atoms with Crippen molar-refractivity contribution in [1.29, 1.82) is 0 Å². The Morgan fingerprint density at radius 2 is 1.83 bits per heavy atom. The van der Waals surface area contributed by atoms with Crippen LogP contribution in [0.1, 0.15) is 56.7 Å². The summed E-state index contributed by atoms with van der Waals surface area (Å²) in [5, 5.41) is 17.6. The lowest BCUT2D eigenvalue weighted by atomic mass is 9.93. The first-order chi connectivity index (χ1) is 21.8. The zero-order chi connectivity index (χ0) is 33.8. The van der Waals surface area contributed by atoms with E-state index in [0.29, 0.717) is 18.9 Å². The molecule has 246 valence electrons. The van der Waals surface area contributed by atoms with Crippen LogP contribution in [0.3, 0.4) is 0 Å². The number of aliphatic carboxylic acids is 1. The van der Waals surface area contributed by atoms with Crippen molar-refractivity contribution in [1.82, 2.24) is 25.0 Å². The molecule has 1 fully saturated rings. The Morgan fingerprint density at radius 3 is 2.46 bits per heavy atom. The Bertz CT molecular complexity index is 1610. The number of carboxylic acids is 1. The van der Waals surface area contributed by atoms with Crippen LogP contribution in [0.15, 0.2) is 42.6 Å². The van der Waals surface area contributed by atoms with Crippen molar-refractivity contribution >= 4 is 28.7 Å². The first-order valence-corrected chi connectivity index (χ1v) is 15.6. The third kappa shape index (κ3) is 7.18. The molecule has 1 aromatic carbocycles. The molecule has 0 saturated heterocycles. The molecule has 4 atom stereocenters. The molecule has 2 aromatic heterocycles. The minimum Gasteiger partial charge on any atom is -0.496 e. The number of benzene rings is 1. The standard InChI is InChI=1S/C18H21N3O2.C17H24N2O4/c1-11(2)14-8-9-21(20-14)17-10-16(23-5)13-6-7-15(22-4)12(3)18(13)19-17;1-11-12(2)15(21)19(3)9-7-5-4-6-8-13-10-17(13,16(22)23)18-14(11)20/h6-11H,1-5H3;6,8,11-13H,1-2,4-5,7,9-10H2,3H3,(H,18,20)(H,22,23). The van der Waals surface area contributed by atoms with E-state index >= 15 is 0 Å². The average Bonchev–Trinajstić information content (AvgIpc) is 3.50. The molecule has 11 nitrogen and oxygen atoms in total. The van der Waals surface area contributed by atoms with Crippen molar-refractivity contribution in [3.05, 3.63) is 67.7 Å². The van der Waals surface area contributed by atoms with Gasteiger partial charge in [-0.2, -0.15) is 5.10 Å². The van der Waals surface area contributed by atoms with Crippen molar-refractivity contribution in [2.24, 2.45) is 17.8 Å². The van der Waals surface area contributed by atoms with Gasteiger partial charge in [-0.1, -0.05) is 26.0 Å². The third-order valence-corrected chi connectivity index (χ3v) is 8.75. The zero-order valence-electron chi connectivity index (χ0n) is 27.6. The number of carbonyl (C=O) groups is 3. The van der Waals surface area contributed by atoms with Gasteiger partial charge in [-0.05, 0) is 70.6 Å². The van der Waals surface area contributed by atoms with Gasteiger partial charge < -0.3 is 24.8 Å². The van der Waals surface area contributed by atoms with E-state index in [4.69, 9.17) is 14.5 Å². The zero-order valence-corrected chi connectivity index (χ0v) is 27.6. The summed E-state index contributed by atoms with van der Waals surface area (Å²) in [5.41, 5.74) is 1.62. The van der Waals surface area contributed by atoms with E-state index in [2.05, 4.69) is 38.1 Å². The number of amides is 2. The summed E-state index contributed by atoms with van der Waals surface area (Å²) in [6.07, 6.45) is 8.72. The molecular formula is C35H45N5O6. The second-order valence-electron chi connectivity index (χ2n) is 12.3. The topological polar surface area (TPSA) is 136 Å². The molecule has 11 heteroatoms. The SMILES string of the molecule is COc1ccc2c(OC)cc(-n3ccc(C(C)C)n3)nc2c1C.[CH2]C1C(=O)NC2(C(=O)O)CC2C=CCCCCN(C)C(=O)C1[CH2]. The number of carbonyl (C=O) groups excluding carboxylic acids is 2. The van der Waals surface area contributed by atoms with Crippen molar-refractivity contribution in [3.63, 3.8) is 0 Å². The second kappa shape index (κ2) is 14.3. The van der Waals surface area contributed by atoms with Gasteiger partial charge in [-0.3, -0.25) is 9.59 Å². The summed E-state index contributed by atoms with van der Waals surface area (Å²) in [6.45, 7) is 14.3. The fourth-order valence-electron chi connectivity index (χ4n) is 5.54. The number of hydrogen-bond acceptors (Lipinski definition) is 7. The highest BCUT2D eigenvalue weighted by Gasteiger charge is 2.60. The summed E-state index contributed by atoms with van der Waals surface area (Å²) >= 11 is 0. The molecule has 1 aliphatic heterocycles. The minimum atomic E-state index is -1.26. The molecule has 5 rings (SSSR count). The van der Waals surface area contributed by atoms with E-state index in [0.717, 1.165) is 58.7 Å². The summed E-state index contributed by atoms with van der Waals surface area (Å²) in [6, 6.07) is 7.83. The Labute approximate surface area is 271 Å². The predicted molar refractivity (Wildman–Crippen MR) is 176 cm³/mol. The highest BCUT2D eigenvalue weighted by atomic mass is 16.5. The quantitative estimate of drug-likeness (QED) is 0.379. The largest absolute Gasteiger partial charge is 0.496 e. The highest BCUT2D eigenvalue weighted by molar-refractivity contribution is 5.94. The van der Waals surface area contributed by atoms with Crippen LogP contribution in [0.2, 0.25) is 0 Å². The van der Waals surface area contributed by atoms with Gasteiger partial charge in [0.15, 0.2) is 5.82 Å². The van der Waals surface area contributed by atoms with Gasteiger partial charge in [-0.15, -0.1) is 0 Å². The number of nitrogens with one attached hydrogen (secondary N) is 1. The van der Waals surface area contributed by atoms with Crippen molar-refractivity contribution in [2.75, 3.05) is 27.8 Å². The molecule has 1 saturated carbocycles. The number of hydrogen-bond donors (Lipinski definition) is 2. The molecule has 0 bridgehead atoms. The van der Waals surface area contributed by atoms with Crippen molar-refractivity contribution in [3.8, 4) is 17.3 Å². The van der Waals surface area contributed by atoms with E-state index < -0.39 is 29.3 Å². The summed E-state index contributed by atoms with van der Waals surface area (Å²) in [7, 11) is 5.01. The van der Waals surface area contributed by atoms with E-state index in [1.165, 1.54) is 0 Å². The highest BCUT2D eigenvalue weighted by Crippen LogP contribution is 2.45. The number of fused-ring (bicyclic) bond motifs is 2. The molecule has 0 spiro atoms. The molecule has 3 heterocycles. The Kier molecular flexibility index (Phi) is 10.7. The van der Waals surface area contributed by atoms with E-state index in [1.807, 2.05) is 49.5 Å². The molecule has 3 aromatic rings. The molecular weight excluding hydrogens is 586 g/mol. The second-order valence-corrected chi connectivity index (χ2v) is 12.3. The van der Waals surface area contributed by atoms with Crippen LogP contribution < -0.4 is 14.8 Å². The maximum absolute atomic E-state index is 12.3. The van der Waals surface area contributed by atoms with Crippen LogP contribution in [0.4, 0.5) is 0 Å². The number of carboxylic acid groups (broad SMARTS) is 1. The fraction of sp³-hybridized carbons (Fsp3) is 0.457. The Hall–Kier alpha value is -4.41. The van der Waals surface area contributed by atoms with Gasteiger partial charge in [0.05, 0.1) is 25.4 Å². The normalized spacial score (nSPS) is 23.6. The van der Waals surface area contributed by atoms with Crippen LogP contribution in [-0.2, 0) is 14.4 Å². The summed E-state index contributed by atoms with van der Waals surface area (Å²) < 4.78 is 12.7. The maximum Gasteiger partial charge on any atom is 0.330 e. The lowest BCUT2D eigenvalue weighted by Crippen LogP contribution is -2.49. The number of ether oxygens (including phenoxy) is 2. The number of rotatable bonds is 5. The molecule has 2 amide bonds. The lowest BCUT2D eigenvalue weighted by Gasteiger charge is -2.26. The van der Waals surface area contributed by atoms with Crippen LogP contribution in [0.5, 0.6) is 11.5 Å². The number of pyridine rings is 1. The van der Waals surface area contributed by atoms with Gasteiger partial charge >= 0.3 is 5.97 Å². The van der Waals surface area contributed by atoms with Gasteiger partial charge in [0.2, 0.25) is 11.8 Å². The van der Waals surface area contributed by atoms with Crippen molar-refractivity contribution < 1.29 is 29.0 Å². The van der Waals surface area contributed by atoms with Crippen LogP contribution in [0.25, 0.3) is 16.7 Å². The average molecular weight is 632 g/mol. The number of aromatic nitrogens is 3. The lowest BCUT2D eigenvalue weighted by molar-refractivity contribution is -0.144. The first kappa shape index (κ1) is 34.5. The van der Waals surface area contributed by atoms with Crippen molar-refractivity contribution in [2.45, 2.75) is 57.9 Å². The maximum atomic E-state index is 12.3. The third-order valence-electron chi connectivity index (χ3n) is 8.75. The van der Waals surface area contributed by atoms with E-state index in [9.17, 15) is 19.5 Å². The van der Waals surface area contributed by atoms with Crippen LogP contribution >= 0.6 is 0 Å². The number of allylic oxidation sites excluding steroid dienone is 1. The fourth-order valence-corrected chi connectivity index (χ4v) is 5.54. The van der Waals surface area contributed by atoms with Gasteiger partial charge in [-0.25, -0.2) is 14.5 Å². The minimum absolute atomic E-state index is 0.208. The summed E-state index contributed by atoms with van der Waals surface area (Å²) in [4.78, 5) is 42.5. The number of nitrogens with zero attached hydrogens (tertiary/aromatic N) is 4. The number of methoxy groups -OCH3 is 2. The molecule has 2 aliphatic rings. The molecule has 2 radical (unpaired) electrons. The first-order valence-electron chi connectivity index (χ1n) is 15.6. The van der Waals surface area contributed by atoms with Gasteiger partial charge in [0.25, 0.3) is 0 Å². The van der Waals surface area contributed by atoms with Crippen LogP contribution in [0, 0.1) is 38.5 Å².